The average molecular weight is 288 g/mol. The molecule has 0 aliphatic heterocycles. The molecule has 0 bridgehead atoms. The van der Waals surface area contributed by atoms with E-state index in [1.807, 2.05) is 24.3 Å². The Kier molecular flexibility index (Phi) is 4.30. The second-order valence-electron chi connectivity index (χ2n) is 4.95. The fraction of sp³-hybridized carbons (Fsp3) is 0.538. The predicted molar refractivity (Wildman–Crippen MR) is 74.6 cm³/mol. The minimum Gasteiger partial charge on any atom is -0.309 e. The summed E-state index contributed by atoms with van der Waals surface area (Å²) in [6.07, 6.45) is 3.68. The summed E-state index contributed by atoms with van der Waals surface area (Å²) in [4.78, 5) is 0. The van der Waals surface area contributed by atoms with Gasteiger partial charge in [-0.3, -0.25) is 0 Å². The first-order valence-corrected chi connectivity index (χ1v) is 8.56. The van der Waals surface area contributed by atoms with Crippen LogP contribution in [0, 0.1) is 5.92 Å². The Balaban J connectivity index is 1.98. The van der Waals surface area contributed by atoms with Crippen molar-refractivity contribution in [3.05, 3.63) is 34.9 Å². The summed E-state index contributed by atoms with van der Waals surface area (Å²) in [6, 6.07) is 8.04. The molecular formula is C13H18ClNO2S. The number of nitrogens with one attached hydrogen (secondary N) is 1. The lowest BCUT2D eigenvalue weighted by Gasteiger charge is -2.18. The Morgan fingerprint density at radius 3 is 2.44 bits per heavy atom. The third-order valence-corrected chi connectivity index (χ3v) is 4.36. The van der Waals surface area contributed by atoms with Crippen molar-refractivity contribution in [1.82, 2.24) is 5.32 Å². The van der Waals surface area contributed by atoms with E-state index in [9.17, 15) is 8.42 Å². The second-order valence-corrected chi connectivity index (χ2v) is 7.65. The number of hydrogen-bond acceptors (Lipinski definition) is 3. The number of benzene rings is 1. The smallest absolute Gasteiger partial charge is 0.148 e. The van der Waals surface area contributed by atoms with E-state index in [1.54, 1.807) is 0 Å². The lowest BCUT2D eigenvalue weighted by molar-refractivity contribution is 0.494. The molecule has 0 heterocycles. The molecule has 1 aromatic carbocycles. The van der Waals surface area contributed by atoms with Gasteiger partial charge in [0.05, 0.1) is 5.75 Å². The van der Waals surface area contributed by atoms with E-state index in [4.69, 9.17) is 11.6 Å². The van der Waals surface area contributed by atoms with Crippen LogP contribution < -0.4 is 5.32 Å². The van der Waals surface area contributed by atoms with Gasteiger partial charge in [0.15, 0.2) is 0 Å². The molecule has 2 rings (SSSR count). The van der Waals surface area contributed by atoms with Gasteiger partial charge < -0.3 is 5.32 Å². The van der Waals surface area contributed by atoms with Crippen molar-refractivity contribution in [2.45, 2.75) is 18.9 Å². The van der Waals surface area contributed by atoms with Gasteiger partial charge in [-0.15, -0.1) is 0 Å². The minimum absolute atomic E-state index is 0.184. The number of sulfone groups is 1. The minimum atomic E-state index is -2.90. The van der Waals surface area contributed by atoms with Gasteiger partial charge >= 0.3 is 0 Å². The molecule has 0 saturated heterocycles. The summed E-state index contributed by atoms with van der Waals surface area (Å²) in [5, 5.41) is 4.08. The summed E-state index contributed by atoms with van der Waals surface area (Å²) >= 11 is 5.88. The molecule has 1 aliphatic rings. The maximum Gasteiger partial charge on any atom is 0.148 e. The number of rotatable bonds is 6. The van der Waals surface area contributed by atoms with Crippen molar-refractivity contribution in [2.75, 3.05) is 18.6 Å². The topological polar surface area (TPSA) is 46.2 Å². The largest absolute Gasteiger partial charge is 0.309 e. The number of halogens is 1. The molecule has 3 nitrogen and oxygen atoms in total. The Morgan fingerprint density at radius 1 is 1.33 bits per heavy atom. The van der Waals surface area contributed by atoms with Crippen molar-refractivity contribution in [3.8, 4) is 0 Å². The van der Waals surface area contributed by atoms with E-state index >= 15 is 0 Å². The highest BCUT2D eigenvalue weighted by atomic mass is 35.5. The van der Waals surface area contributed by atoms with E-state index in [0.29, 0.717) is 12.5 Å². The average Bonchev–Trinajstić information content (AvgIpc) is 3.08. The molecule has 1 saturated carbocycles. The standard InChI is InChI=1S/C13H18ClNO2S/c1-18(16,17)9-8-15-13(10-2-3-10)11-4-6-12(14)7-5-11/h4-7,10,13,15H,2-3,8-9H2,1H3. The molecule has 1 N–H and O–H groups in total. The number of hydrogen-bond donors (Lipinski definition) is 1. The van der Waals surface area contributed by atoms with Crippen LogP contribution in [-0.4, -0.2) is 27.0 Å². The molecule has 1 fully saturated rings. The van der Waals surface area contributed by atoms with Crippen LogP contribution >= 0.6 is 11.6 Å². The van der Waals surface area contributed by atoms with E-state index < -0.39 is 9.84 Å². The van der Waals surface area contributed by atoms with Crippen LogP contribution in [0.1, 0.15) is 24.4 Å². The van der Waals surface area contributed by atoms with Crippen molar-refractivity contribution in [1.29, 1.82) is 0 Å². The van der Waals surface area contributed by atoms with Gasteiger partial charge in [-0.05, 0) is 36.5 Å². The summed E-state index contributed by atoms with van der Waals surface area (Å²) in [6.45, 7) is 0.503. The van der Waals surface area contributed by atoms with E-state index in [2.05, 4.69) is 5.32 Å². The quantitative estimate of drug-likeness (QED) is 0.874. The van der Waals surface area contributed by atoms with Crippen molar-refractivity contribution in [2.24, 2.45) is 5.92 Å². The second kappa shape index (κ2) is 5.59. The fourth-order valence-electron chi connectivity index (χ4n) is 2.06. The highest BCUT2D eigenvalue weighted by molar-refractivity contribution is 7.90. The molecule has 0 aromatic heterocycles. The highest BCUT2D eigenvalue weighted by Gasteiger charge is 2.31. The molecule has 0 spiro atoms. The summed E-state index contributed by atoms with van der Waals surface area (Å²) in [5.41, 5.74) is 1.19. The molecule has 1 unspecified atom stereocenters. The highest BCUT2D eigenvalue weighted by Crippen LogP contribution is 2.41. The van der Waals surface area contributed by atoms with Crippen LogP contribution in [0.3, 0.4) is 0 Å². The molecular weight excluding hydrogens is 270 g/mol. The Morgan fingerprint density at radius 2 is 1.94 bits per heavy atom. The van der Waals surface area contributed by atoms with Gasteiger partial charge in [-0.25, -0.2) is 8.42 Å². The normalized spacial score (nSPS) is 17.7. The van der Waals surface area contributed by atoms with Crippen LogP contribution in [0.2, 0.25) is 5.02 Å². The third kappa shape index (κ3) is 4.26. The lowest BCUT2D eigenvalue weighted by Crippen LogP contribution is -2.28. The van der Waals surface area contributed by atoms with Gasteiger partial charge in [0.2, 0.25) is 0 Å². The Bertz CT molecular complexity index is 494. The zero-order valence-electron chi connectivity index (χ0n) is 10.4. The zero-order chi connectivity index (χ0) is 13.2. The van der Waals surface area contributed by atoms with E-state index in [-0.39, 0.29) is 11.8 Å². The Hall–Kier alpha value is -0.580. The molecule has 1 atom stereocenters. The molecule has 0 radical (unpaired) electrons. The molecule has 100 valence electrons. The fourth-order valence-corrected chi connectivity index (χ4v) is 2.67. The van der Waals surface area contributed by atoms with Crippen molar-refractivity contribution < 1.29 is 8.42 Å². The first-order valence-electron chi connectivity index (χ1n) is 6.12. The van der Waals surface area contributed by atoms with Gasteiger partial charge in [-0.2, -0.15) is 0 Å². The monoisotopic (exact) mass is 287 g/mol. The van der Waals surface area contributed by atoms with Gasteiger partial charge in [-0.1, -0.05) is 23.7 Å². The van der Waals surface area contributed by atoms with Crippen LogP contribution in [0.4, 0.5) is 0 Å². The third-order valence-electron chi connectivity index (χ3n) is 3.16. The van der Waals surface area contributed by atoms with Crippen LogP contribution in [0.15, 0.2) is 24.3 Å². The molecule has 1 aliphatic carbocycles. The molecule has 1 aromatic rings. The summed E-state index contributed by atoms with van der Waals surface area (Å²) in [5.74, 6) is 0.815. The van der Waals surface area contributed by atoms with Crippen LogP contribution in [0.5, 0.6) is 0 Å². The maximum absolute atomic E-state index is 11.1. The van der Waals surface area contributed by atoms with Crippen molar-refractivity contribution >= 4 is 21.4 Å². The Labute approximate surface area is 113 Å². The molecule has 5 heteroatoms. The SMILES string of the molecule is CS(=O)(=O)CCNC(c1ccc(Cl)cc1)C1CC1. The van der Waals surface area contributed by atoms with Crippen LogP contribution in [-0.2, 0) is 9.84 Å². The van der Waals surface area contributed by atoms with E-state index in [1.165, 1.54) is 24.7 Å². The summed E-state index contributed by atoms with van der Waals surface area (Å²) in [7, 11) is -2.90. The first-order chi connectivity index (χ1) is 8.46. The first kappa shape index (κ1) is 13.8. The molecule has 18 heavy (non-hydrogen) atoms. The van der Waals surface area contributed by atoms with Crippen molar-refractivity contribution in [3.63, 3.8) is 0 Å². The predicted octanol–water partition coefficient (Wildman–Crippen LogP) is 2.43. The van der Waals surface area contributed by atoms with Gasteiger partial charge in [0.1, 0.15) is 9.84 Å². The van der Waals surface area contributed by atoms with Crippen LogP contribution in [0.25, 0.3) is 0 Å². The van der Waals surface area contributed by atoms with Gasteiger partial charge in [0, 0.05) is 23.9 Å². The van der Waals surface area contributed by atoms with Gasteiger partial charge in [0.25, 0.3) is 0 Å². The molecule has 0 amide bonds. The summed E-state index contributed by atoms with van der Waals surface area (Å²) < 4.78 is 22.2. The maximum atomic E-state index is 11.1. The zero-order valence-corrected chi connectivity index (χ0v) is 12.0. The van der Waals surface area contributed by atoms with E-state index in [0.717, 1.165) is 5.02 Å². The lowest BCUT2D eigenvalue weighted by atomic mass is 10.0.